The molecule has 4 nitrogen and oxygen atoms in total. The van der Waals surface area contributed by atoms with Crippen molar-refractivity contribution in [2.45, 2.75) is 19.9 Å². The number of halogens is 2. The highest BCUT2D eigenvalue weighted by molar-refractivity contribution is 6.32. The van der Waals surface area contributed by atoms with Crippen molar-refractivity contribution in [2.75, 3.05) is 19.6 Å². The topological polar surface area (TPSA) is 41.4 Å². The van der Waals surface area contributed by atoms with Crippen LogP contribution in [0.15, 0.2) is 59.7 Å². The van der Waals surface area contributed by atoms with Crippen LogP contribution >= 0.6 is 0 Å². The Balaban J connectivity index is 1.48. The Morgan fingerprint density at radius 2 is 1.81 bits per heavy atom. The summed E-state index contributed by atoms with van der Waals surface area (Å²) < 4.78 is 27.1. The van der Waals surface area contributed by atoms with Crippen LogP contribution in [0.3, 0.4) is 0 Å². The fourth-order valence-corrected chi connectivity index (χ4v) is 4.04. The van der Waals surface area contributed by atoms with Crippen LogP contribution in [0.5, 0.6) is 0 Å². The number of benzene rings is 1. The van der Waals surface area contributed by atoms with Gasteiger partial charge in [0.15, 0.2) is 11.6 Å². The van der Waals surface area contributed by atoms with Crippen LogP contribution in [0.25, 0.3) is 22.2 Å². The maximum Gasteiger partial charge on any atom is 0.159 e. The highest BCUT2D eigenvalue weighted by Gasteiger charge is 2.20. The molecule has 4 heterocycles. The molecule has 2 aliphatic heterocycles. The van der Waals surface area contributed by atoms with E-state index in [9.17, 15) is 8.78 Å². The van der Waals surface area contributed by atoms with Crippen molar-refractivity contribution >= 4 is 27.9 Å². The van der Waals surface area contributed by atoms with Crippen LogP contribution in [0, 0.1) is 11.6 Å². The first kappa shape index (κ1) is 19.7. The van der Waals surface area contributed by atoms with E-state index >= 15 is 0 Å². The summed E-state index contributed by atoms with van der Waals surface area (Å²) in [4.78, 5) is 16.3. The number of pyridine rings is 2. The first-order valence-corrected chi connectivity index (χ1v) is 10.4. The van der Waals surface area contributed by atoms with Crippen LogP contribution in [-0.4, -0.2) is 46.3 Å². The van der Waals surface area contributed by atoms with E-state index in [0.717, 1.165) is 47.0 Å². The zero-order valence-electron chi connectivity index (χ0n) is 17.4. The van der Waals surface area contributed by atoms with Gasteiger partial charge in [-0.25, -0.2) is 13.8 Å². The third-order valence-corrected chi connectivity index (χ3v) is 5.85. The molecule has 31 heavy (non-hydrogen) atoms. The zero-order valence-corrected chi connectivity index (χ0v) is 17.4. The van der Waals surface area contributed by atoms with E-state index in [0.29, 0.717) is 23.9 Å². The van der Waals surface area contributed by atoms with E-state index in [-0.39, 0.29) is 0 Å². The van der Waals surface area contributed by atoms with Crippen molar-refractivity contribution < 1.29 is 8.78 Å². The van der Waals surface area contributed by atoms with Crippen LogP contribution in [0.4, 0.5) is 8.78 Å². The van der Waals surface area contributed by atoms with Crippen LogP contribution < -0.4 is 0 Å². The average molecular weight is 416 g/mol. The third-order valence-electron chi connectivity index (χ3n) is 5.85. The first-order valence-electron chi connectivity index (χ1n) is 10.4. The van der Waals surface area contributed by atoms with Crippen molar-refractivity contribution in [2.24, 2.45) is 4.99 Å². The summed E-state index contributed by atoms with van der Waals surface area (Å²) in [5, 5.41) is 0. The van der Waals surface area contributed by atoms with Crippen molar-refractivity contribution in [1.29, 1.82) is 0 Å². The van der Waals surface area contributed by atoms with Gasteiger partial charge in [-0.3, -0.25) is 14.9 Å². The van der Waals surface area contributed by atoms with Gasteiger partial charge in [-0.15, -0.1) is 0 Å². The predicted octanol–water partition coefficient (Wildman–Crippen LogP) is 4.90. The van der Waals surface area contributed by atoms with Gasteiger partial charge in [0.2, 0.25) is 0 Å². The zero-order chi connectivity index (χ0) is 21.5. The number of allylic oxidation sites excluding steroid dienone is 1. The fraction of sp³-hybridized carbons (Fsp3) is 0.240. The first-order chi connectivity index (χ1) is 15.0. The van der Waals surface area contributed by atoms with Gasteiger partial charge in [-0.1, -0.05) is 12.2 Å². The van der Waals surface area contributed by atoms with Crippen molar-refractivity contribution in [3.63, 3.8) is 0 Å². The molecule has 0 atom stereocenters. The van der Waals surface area contributed by atoms with Gasteiger partial charge < -0.3 is 0 Å². The molecule has 1 aromatic carbocycles. The van der Waals surface area contributed by atoms with Crippen LogP contribution in [-0.2, 0) is 0 Å². The minimum absolute atomic E-state index is 0.486. The molecular weight excluding hydrogens is 394 g/mol. The Morgan fingerprint density at radius 3 is 2.58 bits per heavy atom. The quantitative estimate of drug-likeness (QED) is 0.607. The molecule has 0 aliphatic carbocycles. The molecule has 0 fully saturated rings. The van der Waals surface area contributed by atoms with Gasteiger partial charge in [0.05, 0.1) is 29.0 Å². The lowest BCUT2D eigenvalue weighted by Crippen LogP contribution is -2.28. The lowest BCUT2D eigenvalue weighted by Gasteiger charge is -2.20. The van der Waals surface area contributed by atoms with E-state index in [1.54, 1.807) is 6.07 Å². The third kappa shape index (κ3) is 3.68. The number of hydrogen-bond donors (Lipinski definition) is 0. The Morgan fingerprint density at radius 1 is 0.935 bits per heavy atom. The molecule has 3 aromatic rings. The maximum atomic E-state index is 13.8. The monoisotopic (exact) mass is 416 g/mol. The average Bonchev–Trinajstić information content (AvgIpc) is 3.45. The maximum absolute atomic E-state index is 13.8. The molecular formula is C25H22F2N4. The summed E-state index contributed by atoms with van der Waals surface area (Å²) in [7, 11) is 0. The van der Waals surface area contributed by atoms with Crippen LogP contribution in [0.1, 0.15) is 30.7 Å². The van der Waals surface area contributed by atoms with Gasteiger partial charge in [0.1, 0.15) is 0 Å². The lowest BCUT2D eigenvalue weighted by molar-refractivity contribution is 0.290. The van der Waals surface area contributed by atoms with Crippen molar-refractivity contribution in [3.05, 3.63) is 83.2 Å². The largest absolute Gasteiger partial charge is 0.293 e. The fourth-order valence-electron chi connectivity index (χ4n) is 4.04. The molecule has 0 radical (unpaired) electrons. The summed E-state index contributed by atoms with van der Waals surface area (Å²) in [6, 6.07) is 10.3. The molecule has 5 rings (SSSR count). The minimum Gasteiger partial charge on any atom is -0.293 e. The van der Waals surface area contributed by atoms with E-state index < -0.39 is 11.6 Å². The van der Waals surface area contributed by atoms with Crippen LogP contribution in [0.2, 0.25) is 0 Å². The highest BCUT2D eigenvalue weighted by atomic mass is 19.2. The Bertz CT molecular complexity index is 1270. The number of hydrogen-bond acceptors (Lipinski definition) is 4. The second-order valence-corrected chi connectivity index (χ2v) is 8.15. The van der Waals surface area contributed by atoms with Gasteiger partial charge in [0, 0.05) is 36.5 Å². The minimum atomic E-state index is -0.882. The lowest BCUT2D eigenvalue weighted by atomic mass is 10.00. The number of aliphatic imine (C=N–C) groups is 1. The van der Waals surface area contributed by atoms with E-state index in [1.165, 1.54) is 11.6 Å². The molecule has 2 aromatic heterocycles. The standard InChI is InChI=1S/C25H22F2N4/c1-15(2)31-10-8-17(14-31)18-12-24-23(29-13-18)6-5-22(30-24)19-7-9-28-25(19)16-3-4-20(26)21(27)11-16/h3-8,11-13,15H,9-10,14H2,1-2H3. The second kappa shape index (κ2) is 7.78. The Kier molecular flexibility index (Phi) is 4.94. The summed E-state index contributed by atoms with van der Waals surface area (Å²) in [5.41, 5.74) is 6.70. The number of fused-ring (bicyclic) bond motifs is 1. The SMILES string of the molecule is CC(C)N1CC=C(c2cnc3ccc(C4=CCN=C4c4ccc(F)c(F)c4)nc3c2)C1. The molecule has 2 aliphatic rings. The number of nitrogens with zero attached hydrogens (tertiary/aromatic N) is 4. The molecule has 6 heteroatoms. The molecule has 0 N–H and O–H groups in total. The highest BCUT2D eigenvalue weighted by Crippen LogP contribution is 2.28. The number of rotatable bonds is 4. The molecule has 156 valence electrons. The van der Waals surface area contributed by atoms with Gasteiger partial charge in [-0.2, -0.15) is 0 Å². The number of aromatic nitrogens is 2. The molecule has 0 amide bonds. The van der Waals surface area contributed by atoms with Gasteiger partial charge in [0.25, 0.3) is 0 Å². The molecule has 0 unspecified atom stereocenters. The Labute approximate surface area is 179 Å². The van der Waals surface area contributed by atoms with Crippen molar-refractivity contribution in [3.8, 4) is 0 Å². The summed E-state index contributed by atoms with van der Waals surface area (Å²) in [6.07, 6.45) is 6.12. The molecule has 0 spiro atoms. The molecule has 0 saturated heterocycles. The van der Waals surface area contributed by atoms with Crippen molar-refractivity contribution in [1.82, 2.24) is 14.9 Å². The smallest absolute Gasteiger partial charge is 0.159 e. The molecule has 0 bridgehead atoms. The second-order valence-electron chi connectivity index (χ2n) is 8.15. The van der Waals surface area contributed by atoms with E-state index in [1.807, 2.05) is 24.4 Å². The van der Waals surface area contributed by atoms with Gasteiger partial charge >= 0.3 is 0 Å². The molecule has 0 saturated carbocycles. The Hall–Kier alpha value is -3.25. The predicted molar refractivity (Wildman–Crippen MR) is 120 cm³/mol. The van der Waals surface area contributed by atoms with E-state index in [4.69, 9.17) is 4.98 Å². The van der Waals surface area contributed by atoms with E-state index in [2.05, 4.69) is 40.9 Å². The summed E-state index contributed by atoms with van der Waals surface area (Å²) in [5.74, 6) is -1.75. The normalized spacial score (nSPS) is 16.7. The van der Waals surface area contributed by atoms with Gasteiger partial charge in [-0.05, 0) is 61.4 Å². The summed E-state index contributed by atoms with van der Waals surface area (Å²) in [6.45, 7) is 6.73. The summed E-state index contributed by atoms with van der Waals surface area (Å²) >= 11 is 0.